The topological polar surface area (TPSA) is 20.3 Å². The van der Waals surface area contributed by atoms with E-state index in [0.29, 0.717) is 23.0 Å². The number of nitrogens with zero attached hydrogens (tertiary/aromatic N) is 1. The van der Waals surface area contributed by atoms with Crippen molar-refractivity contribution in [3.63, 3.8) is 0 Å². The molecule has 20 heavy (non-hydrogen) atoms. The van der Waals surface area contributed by atoms with Gasteiger partial charge < -0.3 is 4.90 Å². The highest BCUT2D eigenvalue weighted by Crippen LogP contribution is 2.39. The van der Waals surface area contributed by atoms with Crippen molar-refractivity contribution in [1.29, 1.82) is 0 Å². The van der Waals surface area contributed by atoms with E-state index in [2.05, 4.69) is 44.4 Å². The Labute approximate surface area is 129 Å². The Morgan fingerprint density at radius 1 is 1.35 bits per heavy atom. The van der Waals surface area contributed by atoms with Gasteiger partial charge in [0, 0.05) is 43.0 Å². The highest BCUT2D eigenvalue weighted by molar-refractivity contribution is 8.00. The van der Waals surface area contributed by atoms with Gasteiger partial charge in [-0.05, 0) is 30.6 Å². The molecule has 1 aliphatic heterocycles. The zero-order valence-electron chi connectivity index (χ0n) is 13.7. The number of thioether (sulfide) groups is 1. The van der Waals surface area contributed by atoms with Crippen LogP contribution in [0.5, 0.6) is 0 Å². The Bertz CT molecular complexity index is 336. The van der Waals surface area contributed by atoms with E-state index in [1.807, 2.05) is 0 Å². The van der Waals surface area contributed by atoms with Crippen LogP contribution in [0.4, 0.5) is 0 Å². The first kappa shape index (κ1) is 16.4. The number of Topliss-reactive ketones (excluding diaryl/α,β-unsaturated/α-hetero) is 1. The Kier molecular flexibility index (Phi) is 5.58. The van der Waals surface area contributed by atoms with Crippen LogP contribution >= 0.6 is 11.8 Å². The van der Waals surface area contributed by atoms with Gasteiger partial charge in [-0.2, -0.15) is 11.8 Å². The highest BCUT2D eigenvalue weighted by Gasteiger charge is 2.36. The molecule has 0 spiro atoms. The van der Waals surface area contributed by atoms with Gasteiger partial charge in [-0.15, -0.1) is 0 Å². The molecule has 2 rings (SSSR count). The molecule has 3 heteroatoms. The third kappa shape index (κ3) is 4.24. The van der Waals surface area contributed by atoms with Crippen LogP contribution in [0, 0.1) is 17.3 Å². The summed E-state index contributed by atoms with van der Waals surface area (Å²) in [5.74, 6) is 2.78. The summed E-state index contributed by atoms with van der Waals surface area (Å²) in [4.78, 5) is 14.8. The van der Waals surface area contributed by atoms with Crippen LogP contribution in [-0.2, 0) is 4.79 Å². The maximum absolute atomic E-state index is 12.3. The maximum atomic E-state index is 12.3. The highest BCUT2D eigenvalue weighted by atomic mass is 32.2. The molecule has 0 radical (unpaired) electrons. The fourth-order valence-electron chi connectivity index (χ4n) is 3.58. The summed E-state index contributed by atoms with van der Waals surface area (Å²) in [5.41, 5.74) is 0.350. The van der Waals surface area contributed by atoms with Crippen LogP contribution in [-0.4, -0.2) is 41.3 Å². The van der Waals surface area contributed by atoms with Crippen molar-refractivity contribution < 1.29 is 4.79 Å². The van der Waals surface area contributed by atoms with Gasteiger partial charge in [-0.25, -0.2) is 0 Å². The Morgan fingerprint density at radius 3 is 2.75 bits per heavy atom. The number of carbonyl (C=O) groups excluding carboxylic acids is 1. The van der Waals surface area contributed by atoms with Crippen LogP contribution in [0.15, 0.2) is 0 Å². The molecule has 0 amide bonds. The van der Waals surface area contributed by atoms with Gasteiger partial charge in [0.25, 0.3) is 0 Å². The van der Waals surface area contributed by atoms with Crippen molar-refractivity contribution in [2.75, 3.05) is 25.4 Å². The first-order valence-electron chi connectivity index (χ1n) is 8.26. The maximum Gasteiger partial charge on any atom is 0.137 e. The predicted molar refractivity (Wildman–Crippen MR) is 88.3 cm³/mol. The van der Waals surface area contributed by atoms with E-state index in [9.17, 15) is 4.79 Å². The van der Waals surface area contributed by atoms with Crippen molar-refractivity contribution in [3.05, 3.63) is 0 Å². The van der Waals surface area contributed by atoms with Crippen molar-refractivity contribution in [2.24, 2.45) is 17.3 Å². The van der Waals surface area contributed by atoms with Gasteiger partial charge in [-0.1, -0.05) is 27.7 Å². The van der Waals surface area contributed by atoms with Gasteiger partial charge in [0.15, 0.2) is 0 Å². The third-order valence-electron chi connectivity index (χ3n) is 5.15. The molecule has 0 aromatic carbocycles. The monoisotopic (exact) mass is 297 g/mol. The SMILES string of the molecule is CCC1CN(CC2CC(C(C)(C)C)CCC2=O)CCS1. The molecule has 2 nitrogen and oxygen atoms in total. The Hall–Kier alpha value is -0.0200. The fourth-order valence-corrected chi connectivity index (χ4v) is 4.83. The Morgan fingerprint density at radius 2 is 2.10 bits per heavy atom. The van der Waals surface area contributed by atoms with E-state index in [1.54, 1.807) is 0 Å². The first-order chi connectivity index (χ1) is 9.40. The van der Waals surface area contributed by atoms with Crippen molar-refractivity contribution >= 4 is 17.5 Å². The van der Waals surface area contributed by atoms with Crippen molar-refractivity contribution in [1.82, 2.24) is 4.90 Å². The molecule has 1 aliphatic carbocycles. The van der Waals surface area contributed by atoms with Gasteiger partial charge in [-0.3, -0.25) is 4.79 Å². The number of hydrogen-bond acceptors (Lipinski definition) is 3. The zero-order valence-corrected chi connectivity index (χ0v) is 14.5. The second-order valence-electron chi connectivity index (χ2n) is 7.66. The van der Waals surface area contributed by atoms with Gasteiger partial charge in [0.2, 0.25) is 0 Å². The van der Waals surface area contributed by atoms with Gasteiger partial charge >= 0.3 is 0 Å². The largest absolute Gasteiger partial charge is 0.301 e. The van der Waals surface area contributed by atoms with Crippen LogP contribution < -0.4 is 0 Å². The lowest BCUT2D eigenvalue weighted by atomic mass is 9.68. The molecular weight excluding hydrogens is 266 g/mol. The van der Waals surface area contributed by atoms with Crippen molar-refractivity contribution in [3.8, 4) is 0 Å². The number of rotatable bonds is 3. The minimum Gasteiger partial charge on any atom is -0.301 e. The molecule has 1 saturated carbocycles. The second-order valence-corrected chi connectivity index (χ2v) is 9.07. The van der Waals surface area contributed by atoms with E-state index in [1.165, 1.54) is 25.3 Å². The normalized spacial score (nSPS) is 33.4. The average molecular weight is 298 g/mol. The van der Waals surface area contributed by atoms with Crippen molar-refractivity contribution in [2.45, 2.75) is 58.6 Å². The van der Waals surface area contributed by atoms with E-state index in [4.69, 9.17) is 0 Å². The summed E-state index contributed by atoms with van der Waals surface area (Å²) in [6, 6.07) is 0. The molecule has 3 unspecified atom stereocenters. The lowest BCUT2D eigenvalue weighted by molar-refractivity contribution is -0.127. The summed E-state index contributed by atoms with van der Waals surface area (Å²) >= 11 is 2.11. The molecule has 0 aromatic rings. The molecule has 116 valence electrons. The third-order valence-corrected chi connectivity index (χ3v) is 6.52. The molecular formula is C17H31NOS. The Balaban J connectivity index is 1.91. The second kappa shape index (κ2) is 6.83. The smallest absolute Gasteiger partial charge is 0.137 e. The van der Waals surface area contributed by atoms with E-state index >= 15 is 0 Å². The molecule has 0 N–H and O–H groups in total. The molecule has 0 aromatic heterocycles. The average Bonchev–Trinajstić information content (AvgIpc) is 2.40. The molecule has 1 heterocycles. The quantitative estimate of drug-likeness (QED) is 0.789. The summed E-state index contributed by atoms with van der Waals surface area (Å²) in [6.07, 6.45) is 4.28. The minimum atomic E-state index is 0.300. The van der Waals surface area contributed by atoms with E-state index in [-0.39, 0.29) is 0 Å². The molecule has 0 bridgehead atoms. The fraction of sp³-hybridized carbons (Fsp3) is 0.941. The summed E-state index contributed by atoms with van der Waals surface area (Å²) in [5, 5.41) is 0.779. The lowest BCUT2D eigenvalue weighted by Gasteiger charge is -2.40. The molecule has 3 atom stereocenters. The van der Waals surface area contributed by atoms with Crippen LogP contribution in [0.2, 0.25) is 0 Å². The van der Waals surface area contributed by atoms with Gasteiger partial charge in [0.05, 0.1) is 0 Å². The first-order valence-corrected chi connectivity index (χ1v) is 9.31. The predicted octanol–water partition coefficient (Wildman–Crippen LogP) is 3.85. The lowest BCUT2D eigenvalue weighted by Crippen LogP contribution is -2.44. The van der Waals surface area contributed by atoms with Crippen LogP contribution in [0.1, 0.15) is 53.4 Å². The van der Waals surface area contributed by atoms with Crippen LogP contribution in [0.3, 0.4) is 0 Å². The number of carbonyl (C=O) groups is 1. The molecule has 2 fully saturated rings. The van der Waals surface area contributed by atoms with Gasteiger partial charge in [0.1, 0.15) is 5.78 Å². The summed E-state index contributed by atoms with van der Waals surface area (Å²) in [7, 11) is 0. The zero-order chi connectivity index (χ0) is 14.8. The van der Waals surface area contributed by atoms with Crippen LogP contribution in [0.25, 0.3) is 0 Å². The summed E-state index contributed by atoms with van der Waals surface area (Å²) in [6.45, 7) is 12.6. The van der Waals surface area contributed by atoms with E-state index in [0.717, 1.165) is 31.1 Å². The minimum absolute atomic E-state index is 0.300. The summed E-state index contributed by atoms with van der Waals surface area (Å²) < 4.78 is 0. The molecule has 2 aliphatic rings. The standard InChI is InChI=1S/C17H31NOS/c1-5-15-12-18(8-9-20-15)11-13-10-14(17(2,3)4)6-7-16(13)19/h13-15H,5-12H2,1-4H3. The number of hydrogen-bond donors (Lipinski definition) is 0. The number of ketones is 1. The van der Waals surface area contributed by atoms with E-state index < -0.39 is 0 Å². The molecule has 1 saturated heterocycles.